The predicted octanol–water partition coefficient (Wildman–Crippen LogP) is -0.313. The number of fused-ring (bicyclic) bond motifs is 3. The first-order valence-electron chi connectivity index (χ1n) is 11.8. The summed E-state index contributed by atoms with van der Waals surface area (Å²) < 4.78 is 0. The van der Waals surface area contributed by atoms with Gasteiger partial charge in [-0.05, 0) is 29.4 Å². The Hall–Kier alpha value is -2.53. The molecular formula is C25H34N2O8. The van der Waals surface area contributed by atoms with E-state index < -0.39 is 87.6 Å². The van der Waals surface area contributed by atoms with Crippen LogP contribution in [0.1, 0.15) is 56.5 Å². The van der Waals surface area contributed by atoms with Gasteiger partial charge >= 0.3 is 0 Å². The van der Waals surface area contributed by atoms with Crippen molar-refractivity contribution >= 4 is 23.2 Å². The molecule has 10 heteroatoms. The van der Waals surface area contributed by atoms with E-state index in [4.69, 9.17) is 11.5 Å². The number of benzene rings is 1. The third kappa shape index (κ3) is 2.65. The van der Waals surface area contributed by atoms with E-state index in [9.17, 15) is 39.9 Å². The fourth-order valence-corrected chi connectivity index (χ4v) is 7.78. The average molecular weight is 491 g/mol. The number of hydrogen-bond acceptors (Lipinski definition) is 9. The monoisotopic (exact) mass is 490 g/mol. The van der Waals surface area contributed by atoms with Crippen LogP contribution in [0.5, 0.6) is 5.75 Å². The number of amides is 1. The Balaban J connectivity index is 2.06. The number of aliphatic hydroxyl groups excluding tert-OH is 3. The lowest BCUT2D eigenvalue weighted by Gasteiger charge is -2.69. The van der Waals surface area contributed by atoms with Crippen molar-refractivity contribution in [2.24, 2.45) is 40.2 Å². The van der Waals surface area contributed by atoms with Crippen LogP contribution in [0, 0.1) is 34.5 Å². The normalized spacial score (nSPS) is 45.0. The number of nitrogen functional groups attached to an aromatic ring is 1. The van der Waals surface area contributed by atoms with Crippen LogP contribution in [0.2, 0.25) is 0 Å². The molecule has 3 aliphatic rings. The molecule has 192 valence electrons. The van der Waals surface area contributed by atoms with Gasteiger partial charge in [0.05, 0.1) is 29.4 Å². The molecule has 0 bridgehead atoms. The molecule has 0 spiro atoms. The minimum atomic E-state index is -2.80. The van der Waals surface area contributed by atoms with Gasteiger partial charge in [0.2, 0.25) is 5.91 Å². The maximum absolute atomic E-state index is 13.8. The van der Waals surface area contributed by atoms with Crippen molar-refractivity contribution in [1.29, 1.82) is 0 Å². The SMILES string of the molecule is CC(C)[C@H]1C(O)[C@@H](C(N)=O)C(=O)[C@]2(O)C(O)[C@H]3C(=O)c4c(ccc(N)c4O)[C@@H](C)[C@]3(C)[C@@H](O)[C@]12C. The molecule has 10 nitrogen and oxygen atoms in total. The molecule has 2 fully saturated rings. The lowest BCUT2D eigenvalue weighted by molar-refractivity contribution is -0.306. The average Bonchev–Trinajstić information content (AvgIpc) is 2.75. The Morgan fingerprint density at radius 2 is 1.69 bits per heavy atom. The molecule has 2 saturated carbocycles. The zero-order valence-corrected chi connectivity index (χ0v) is 20.4. The van der Waals surface area contributed by atoms with Crippen LogP contribution in [0.4, 0.5) is 5.69 Å². The molecular weight excluding hydrogens is 456 g/mol. The van der Waals surface area contributed by atoms with Crippen LogP contribution >= 0.6 is 0 Å². The van der Waals surface area contributed by atoms with Crippen LogP contribution in [0.3, 0.4) is 0 Å². The zero-order valence-electron chi connectivity index (χ0n) is 20.4. The number of carbonyl (C=O) groups is 3. The number of hydrogen-bond donors (Lipinski definition) is 7. The summed E-state index contributed by atoms with van der Waals surface area (Å²) in [4.78, 5) is 39.7. The van der Waals surface area contributed by atoms with Gasteiger partial charge in [0.1, 0.15) is 17.8 Å². The van der Waals surface area contributed by atoms with E-state index in [1.165, 1.54) is 13.0 Å². The summed E-state index contributed by atoms with van der Waals surface area (Å²) in [6.45, 7) is 8.11. The highest BCUT2D eigenvalue weighted by Gasteiger charge is 2.80. The Labute approximate surface area is 202 Å². The number of carbonyl (C=O) groups excluding carboxylic acids is 3. The topological polar surface area (TPSA) is 204 Å². The van der Waals surface area contributed by atoms with Crippen molar-refractivity contribution in [2.75, 3.05) is 5.73 Å². The number of rotatable bonds is 2. The lowest BCUT2D eigenvalue weighted by atomic mass is 9.36. The van der Waals surface area contributed by atoms with Gasteiger partial charge in [-0.3, -0.25) is 14.4 Å². The molecule has 4 rings (SSSR count). The van der Waals surface area contributed by atoms with E-state index in [1.807, 2.05) is 0 Å². The molecule has 1 aromatic rings. The fraction of sp³-hybridized carbons (Fsp3) is 0.640. The van der Waals surface area contributed by atoms with E-state index in [2.05, 4.69) is 0 Å². The van der Waals surface area contributed by atoms with Crippen molar-refractivity contribution in [3.05, 3.63) is 23.3 Å². The zero-order chi connectivity index (χ0) is 26.6. The number of anilines is 1. The summed E-state index contributed by atoms with van der Waals surface area (Å²) in [7, 11) is 0. The van der Waals surface area contributed by atoms with Gasteiger partial charge in [-0.15, -0.1) is 0 Å². The predicted molar refractivity (Wildman–Crippen MR) is 124 cm³/mol. The van der Waals surface area contributed by atoms with Crippen molar-refractivity contribution in [3.8, 4) is 5.75 Å². The molecule has 1 amide bonds. The Morgan fingerprint density at radius 3 is 2.20 bits per heavy atom. The van der Waals surface area contributed by atoms with Gasteiger partial charge in [0, 0.05) is 10.8 Å². The highest BCUT2D eigenvalue weighted by molar-refractivity contribution is 6.09. The number of phenolic OH excluding ortho intramolecular Hbond substituents is 1. The molecule has 1 aromatic carbocycles. The van der Waals surface area contributed by atoms with Crippen LogP contribution in [-0.2, 0) is 9.59 Å². The van der Waals surface area contributed by atoms with Crippen molar-refractivity contribution < 1.29 is 39.9 Å². The lowest BCUT2D eigenvalue weighted by Crippen LogP contribution is -2.83. The summed E-state index contributed by atoms with van der Waals surface area (Å²) in [6, 6.07) is 3.01. The second-order valence-corrected chi connectivity index (χ2v) is 11.3. The summed E-state index contributed by atoms with van der Waals surface area (Å²) in [5.74, 6) is -9.24. The molecule has 0 aliphatic heterocycles. The molecule has 35 heavy (non-hydrogen) atoms. The molecule has 2 unspecified atom stereocenters. The van der Waals surface area contributed by atoms with Gasteiger partial charge in [-0.2, -0.15) is 0 Å². The maximum Gasteiger partial charge on any atom is 0.230 e. The first-order valence-corrected chi connectivity index (χ1v) is 11.8. The second-order valence-electron chi connectivity index (χ2n) is 11.3. The molecule has 0 heterocycles. The molecule has 0 saturated heterocycles. The largest absolute Gasteiger partial charge is 0.505 e. The van der Waals surface area contributed by atoms with E-state index in [1.54, 1.807) is 33.8 Å². The van der Waals surface area contributed by atoms with Crippen LogP contribution < -0.4 is 11.5 Å². The quantitative estimate of drug-likeness (QED) is 0.165. The van der Waals surface area contributed by atoms with Crippen LogP contribution in [0.15, 0.2) is 12.1 Å². The summed E-state index contributed by atoms with van der Waals surface area (Å²) in [5.41, 5.74) is 5.34. The van der Waals surface area contributed by atoms with E-state index in [0.717, 1.165) is 0 Å². The van der Waals surface area contributed by atoms with Gasteiger partial charge in [-0.1, -0.05) is 40.7 Å². The molecule has 9 N–H and O–H groups in total. The number of ketones is 2. The molecule has 0 aromatic heterocycles. The maximum atomic E-state index is 13.8. The first-order chi connectivity index (χ1) is 16.0. The van der Waals surface area contributed by atoms with Crippen molar-refractivity contribution in [2.45, 2.75) is 64.4 Å². The van der Waals surface area contributed by atoms with Gasteiger partial charge < -0.3 is 37.0 Å². The highest BCUT2D eigenvalue weighted by atomic mass is 16.4. The van der Waals surface area contributed by atoms with Gasteiger partial charge in [0.15, 0.2) is 17.2 Å². The minimum Gasteiger partial charge on any atom is -0.505 e. The number of Topliss-reactive ketones (excluding diaryl/α,β-unsaturated/α-hetero) is 2. The van der Waals surface area contributed by atoms with Gasteiger partial charge in [0.25, 0.3) is 0 Å². The Bertz CT molecular complexity index is 1140. The highest BCUT2D eigenvalue weighted by Crippen LogP contribution is 2.68. The number of phenols is 1. The van der Waals surface area contributed by atoms with E-state index >= 15 is 0 Å². The van der Waals surface area contributed by atoms with Crippen molar-refractivity contribution in [3.63, 3.8) is 0 Å². The second kappa shape index (κ2) is 7.49. The fourth-order valence-electron chi connectivity index (χ4n) is 7.78. The smallest absolute Gasteiger partial charge is 0.230 e. The van der Waals surface area contributed by atoms with E-state index in [-0.39, 0.29) is 11.3 Å². The standard InChI is InChI=1S/C25H34N2O8/c1-8(2)14-18(30)13(21(27)33)19(31)25(35)20(32)15-17(29)12-10(6-7-11(26)16(12)28)9(3)23(15,4)22(34)24(14,25)5/h6-9,13-15,18,20,22,28,30,32,34-35H,26H2,1-5H3,(H2,27,33)/t9-,13-,14+,15-,18?,20?,22-,23+,24+,25+/m1/s1. The molecule has 10 atom stereocenters. The van der Waals surface area contributed by atoms with E-state index in [0.29, 0.717) is 5.56 Å². The third-order valence-electron chi connectivity index (χ3n) is 9.65. The molecule has 3 aliphatic carbocycles. The Kier molecular flexibility index (Phi) is 5.47. The van der Waals surface area contributed by atoms with Gasteiger partial charge in [-0.25, -0.2) is 0 Å². The number of aliphatic hydroxyl groups is 4. The van der Waals surface area contributed by atoms with Crippen molar-refractivity contribution in [1.82, 2.24) is 0 Å². The summed E-state index contributed by atoms with van der Waals surface area (Å²) in [6.07, 6.45) is -5.30. The minimum absolute atomic E-state index is 0.0622. The number of aromatic hydroxyl groups is 1. The third-order valence-corrected chi connectivity index (χ3v) is 9.65. The number of primary amides is 1. The molecule has 0 radical (unpaired) electrons. The van der Waals surface area contributed by atoms with Crippen LogP contribution in [0.25, 0.3) is 0 Å². The summed E-state index contributed by atoms with van der Waals surface area (Å²) >= 11 is 0. The Morgan fingerprint density at radius 1 is 1.11 bits per heavy atom. The van der Waals surface area contributed by atoms with Crippen LogP contribution in [-0.4, -0.2) is 66.9 Å². The summed E-state index contributed by atoms with van der Waals surface area (Å²) in [5, 5.41) is 57.5. The number of nitrogens with two attached hydrogens (primary N) is 2. The first kappa shape index (κ1) is 25.6.